The van der Waals surface area contributed by atoms with E-state index in [1.807, 2.05) is 92.3 Å². The maximum absolute atomic E-state index is 13.5. The van der Waals surface area contributed by atoms with E-state index in [0.717, 1.165) is 28.1 Å². The molecule has 180 valence electrons. The smallest absolute Gasteiger partial charge is 0.322 e. The van der Waals surface area contributed by atoms with Crippen molar-refractivity contribution in [1.29, 1.82) is 0 Å². The van der Waals surface area contributed by atoms with Gasteiger partial charge in [0, 0.05) is 44.8 Å². The van der Waals surface area contributed by atoms with E-state index in [0.29, 0.717) is 26.2 Å². The molecular formula is C27H34N4O3. The van der Waals surface area contributed by atoms with Crippen LogP contribution in [0.4, 0.5) is 10.5 Å². The fourth-order valence-corrected chi connectivity index (χ4v) is 3.76. The van der Waals surface area contributed by atoms with Crippen LogP contribution in [-0.2, 0) is 29.7 Å². The molecule has 7 heteroatoms. The highest BCUT2D eigenvalue weighted by Crippen LogP contribution is 2.17. The summed E-state index contributed by atoms with van der Waals surface area (Å²) in [5, 5.41) is 2.95. The number of hydrogen-bond acceptors (Lipinski definition) is 3. The third-order valence-corrected chi connectivity index (χ3v) is 5.78. The maximum atomic E-state index is 13.5. The molecule has 0 saturated carbocycles. The van der Waals surface area contributed by atoms with Gasteiger partial charge >= 0.3 is 6.03 Å². The lowest BCUT2D eigenvalue weighted by molar-refractivity contribution is -0.133. The van der Waals surface area contributed by atoms with Crippen molar-refractivity contribution in [3.05, 3.63) is 89.2 Å². The number of methoxy groups -OCH3 is 1. The molecule has 0 aliphatic heterocycles. The molecule has 3 amide bonds. The van der Waals surface area contributed by atoms with E-state index in [4.69, 9.17) is 4.74 Å². The van der Waals surface area contributed by atoms with Crippen LogP contribution in [0.25, 0.3) is 0 Å². The lowest BCUT2D eigenvalue weighted by Crippen LogP contribution is -2.45. The Morgan fingerprint density at radius 1 is 0.971 bits per heavy atom. The van der Waals surface area contributed by atoms with Crippen LogP contribution in [0.5, 0.6) is 0 Å². The number of amides is 3. The Hall–Kier alpha value is -3.58. The zero-order chi connectivity index (χ0) is 24.5. The summed E-state index contributed by atoms with van der Waals surface area (Å²) in [4.78, 5) is 29.9. The van der Waals surface area contributed by atoms with Gasteiger partial charge in [-0.15, -0.1) is 0 Å². The van der Waals surface area contributed by atoms with Crippen LogP contribution in [0.2, 0.25) is 0 Å². The van der Waals surface area contributed by atoms with Crippen LogP contribution in [-0.4, -0.2) is 53.1 Å². The van der Waals surface area contributed by atoms with Crippen molar-refractivity contribution in [2.75, 3.05) is 32.1 Å². The number of nitrogens with one attached hydrogen (secondary N) is 1. The summed E-state index contributed by atoms with van der Waals surface area (Å²) in [6.07, 6.45) is 1.96. The number of carbonyl (C=O) groups is 2. The highest BCUT2D eigenvalue weighted by molar-refractivity contribution is 5.93. The van der Waals surface area contributed by atoms with E-state index >= 15 is 0 Å². The summed E-state index contributed by atoms with van der Waals surface area (Å²) in [6, 6.07) is 19.4. The lowest BCUT2D eigenvalue weighted by Gasteiger charge is -2.28. The van der Waals surface area contributed by atoms with E-state index in [2.05, 4.69) is 5.32 Å². The van der Waals surface area contributed by atoms with Gasteiger partial charge < -0.3 is 24.4 Å². The first-order valence-electron chi connectivity index (χ1n) is 11.4. The number of nitrogens with zero attached hydrogens (tertiary/aromatic N) is 3. The molecule has 0 spiro atoms. The van der Waals surface area contributed by atoms with Crippen LogP contribution in [0, 0.1) is 13.8 Å². The summed E-state index contributed by atoms with van der Waals surface area (Å²) in [5.41, 5.74) is 4.89. The molecule has 0 radical (unpaired) electrons. The van der Waals surface area contributed by atoms with E-state index in [9.17, 15) is 9.59 Å². The second-order valence-electron chi connectivity index (χ2n) is 8.51. The molecular weight excluding hydrogens is 428 g/mol. The van der Waals surface area contributed by atoms with Crippen molar-refractivity contribution in [2.45, 2.75) is 26.9 Å². The Bertz CT molecular complexity index is 1090. The predicted molar refractivity (Wildman–Crippen MR) is 134 cm³/mol. The van der Waals surface area contributed by atoms with Crippen molar-refractivity contribution in [3.8, 4) is 0 Å². The minimum atomic E-state index is -0.323. The average molecular weight is 463 g/mol. The van der Waals surface area contributed by atoms with Gasteiger partial charge in [-0.3, -0.25) is 4.79 Å². The van der Waals surface area contributed by atoms with Crippen LogP contribution >= 0.6 is 0 Å². The summed E-state index contributed by atoms with van der Waals surface area (Å²) in [7, 11) is 3.54. The summed E-state index contributed by atoms with van der Waals surface area (Å²) in [6.45, 7) is 5.48. The fraction of sp³-hybridized carbons (Fsp3) is 0.333. The first-order valence-corrected chi connectivity index (χ1v) is 11.4. The Balaban J connectivity index is 1.77. The zero-order valence-corrected chi connectivity index (χ0v) is 20.5. The number of aromatic nitrogens is 1. The largest absolute Gasteiger partial charge is 0.383 e. The van der Waals surface area contributed by atoms with Gasteiger partial charge in [-0.2, -0.15) is 0 Å². The molecule has 0 bridgehead atoms. The van der Waals surface area contributed by atoms with E-state index < -0.39 is 0 Å². The van der Waals surface area contributed by atoms with Gasteiger partial charge in [0.2, 0.25) is 5.91 Å². The highest BCUT2D eigenvalue weighted by Gasteiger charge is 2.23. The Kier molecular flexibility index (Phi) is 8.87. The Morgan fingerprint density at radius 2 is 1.74 bits per heavy atom. The first kappa shape index (κ1) is 25.1. The van der Waals surface area contributed by atoms with Gasteiger partial charge in [-0.25, -0.2) is 4.79 Å². The van der Waals surface area contributed by atoms with Crippen LogP contribution < -0.4 is 5.32 Å². The van der Waals surface area contributed by atoms with Gasteiger partial charge in [-0.1, -0.05) is 48.0 Å². The second-order valence-corrected chi connectivity index (χ2v) is 8.51. The minimum absolute atomic E-state index is 0.0443. The Morgan fingerprint density at radius 3 is 2.38 bits per heavy atom. The molecule has 1 aromatic heterocycles. The van der Waals surface area contributed by atoms with Crippen molar-refractivity contribution >= 4 is 17.6 Å². The summed E-state index contributed by atoms with van der Waals surface area (Å²) < 4.78 is 7.20. The monoisotopic (exact) mass is 462 g/mol. The van der Waals surface area contributed by atoms with E-state index in [1.165, 1.54) is 4.90 Å². The molecule has 0 unspecified atom stereocenters. The standard InChI is InChI=1S/C27H34N4O3/c1-21-12-13-25(22(2)17-21)28-27(33)30(15-16-34-4)20-26(32)31(18-23-9-6-5-7-10-23)19-24-11-8-14-29(24)3/h5-14,17H,15-16,18-20H2,1-4H3,(H,28,33). The first-order chi connectivity index (χ1) is 16.4. The summed E-state index contributed by atoms with van der Waals surface area (Å²) in [5.74, 6) is -0.128. The topological polar surface area (TPSA) is 66.8 Å². The van der Waals surface area contributed by atoms with Gasteiger partial charge in [0.25, 0.3) is 0 Å². The van der Waals surface area contributed by atoms with Crippen molar-refractivity contribution < 1.29 is 14.3 Å². The van der Waals surface area contributed by atoms with Crippen LogP contribution in [0.15, 0.2) is 66.9 Å². The molecule has 2 aromatic carbocycles. The summed E-state index contributed by atoms with van der Waals surface area (Å²) >= 11 is 0. The lowest BCUT2D eigenvalue weighted by atomic mass is 10.1. The van der Waals surface area contributed by atoms with Crippen molar-refractivity contribution in [3.63, 3.8) is 0 Å². The predicted octanol–water partition coefficient (Wildman–Crippen LogP) is 4.35. The Labute approximate surface area is 201 Å². The van der Waals surface area contributed by atoms with E-state index in [1.54, 1.807) is 12.0 Å². The third-order valence-electron chi connectivity index (χ3n) is 5.78. The molecule has 7 nitrogen and oxygen atoms in total. The molecule has 0 fully saturated rings. The number of benzene rings is 2. The molecule has 3 aromatic rings. The fourth-order valence-electron chi connectivity index (χ4n) is 3.76. The number of ether oxygens (including phenoxy) is 1. The molecule has 34 heavy (non-hydrogen) atoms. The molecule has 0 aliphatic rings. The molecule has 1 heterocycles. The van der Waals surface area contributed by atoms with Gasteiger partial charge in [0.05, 0.1) is 13.2 Å². The van der Waals surface area contributed by atoms with Crippen LogP contribution in [0.1, 0.15) is 22.4 Å². The zero-order valence-electron chi connectivity index (χ0n) is 20.5. The maximum Gasteiger partial charge on any atom is 0.322 e. The number of carbonyl (C=O) groups excluding carboxylic acids is 2. The molecule has 3 rings (SSSR count). The normalized spacial score (nSPS) is 10.7. The molecule has 1 N–H and O–H groups in total. The number of anilines is 1. The second kappa shape index (κ2) is 12.0. The molecule has 0 atom stereocenters. The number of urea groups is 1. The van der Waals surface area contributed by atoms with Crippen molar-refractivity contribution in [1.82, 2.24) is 14.4 Å². The van der Waals surface area contributed by atoms with Gasteiger partial charge in [-0.05, 0) is 43.2 Å². The molecule has 0 saturated heterocycles. The van der Waals surface area contributed by atoms with Crippen molar-refractivity contribution in [2.24, 2.45) is 7.05 Å². The third kappa shape index (κ3) is 6.96. The van der Waals surface area contributed by atoms with Gasteiger partial charge in [0.1, 0.15) is 6.54 Å². The minimum Gasteiger partial charge on any atom is -0.383 e. The SMILES string of the molecule is COCCN(CC(=O)N(Cc1ccccc1)Cc1cccn1C)C(=O)Nc1ccc(C)cc1C. The number of rotatable bonds is 10. The van der Waals surface area contributed by atoms with Gasteiger partial charge in [0.15, 0.2) is 0 Å². The average Bonchev–Trinajstić information content (AvgIpc) is 3.22. The number of aryl methyl sites for hydroxylation is 3. The van der Waals surface area contributed by atoms with E-state index in [-0.39, 0.29) is 18.5 Å². The number of hydrogen-bond donors (Lipinski definition) is 1. The van der Waals surface area contributed by atoms with Crippen LogP contribution in [0.3, 0.4) is 0 Å². The molecule has 0 aliphatic carbocycles. The highest BCUT2D eigenvalue weighted by atomic mass is 16.5. The quantitative estimate of drug-likeness (QED) is 0.487.